The molecule has 0 N–H and O–H groups in total. The molecule has 0 amide bonds. The van der Waals surface area contributed by atoms with Crippen LogP contribution >= 0.6 is 11.8 Å². The Labute approximate surface area is 141 Å². The van der Waals surface area contributed by atoms with Crippen LogP contribution in [0.5, 0.6) is 5.75 Å². The molecule has 0 fully saturated rings. The first kappa shape index (κ1) is 17.3. The van der Waals surface area contributed by atoms with Crippen LogP contribution in [0, 0.1) is 0 Å². The molecule has 0 heterocycles. The van der Waals surface area contributed by atoms with Gasteiger partial charge in [-0.25, -0.2) is 0 Å². The van der Waals surface area contributed by atoms with E-state index in [1.165, 1.54) is 0 Å². The molecule has 2 aromatic rings. The van der Waals surface area contributed by atoms with E-state index in [0.29, 0.717) is 19.4 Å². The van der Waals surface area contributed by atoms with Gasteiger partial charge in [-0.2, -0.15) is 0 Å². The summed E-state index contributed by atoms with van der Waals surface area (Å²) in [5.41, 5.74) is 2.00. The quantitative estimate of drug-likeness (QED) is 0.379. The molecule has 0 atom stereocenters. The van der Waals surface area contributed by atoms with Gasteiger partial charge in [-0.05, 0) is 24.1 Å². The fraction of sp³-hybridized carbons (Fsp3) is 0.263. The molecule has 0 radical (unpaired) electrons. The van der Waals surface area contributed by atoms with Gasteiger partial charge in [0, 0.05) is 29.1 Å². The maximum Gasteiger partial charge on any atom is 0.124 e. The number of carbonyl (C=O) groups excluding carboxylic acids is 2. The number of hydrogen-bond acceptors (Lipinski definition) is 4. The Balaban J connectivity index is 1.78. The number of ether oxygens (including phenoxy) is 1. The largest absolute Gasteiger partial charge is 0.493 e. The topological polar surface area (TPSA) is 43.4 Å². The van der Waals surface area contributed by atoms with Gasteiger partial charge >= 0.3 is 0 Å². The molecule has 4 heteroatoms. The predicted molar refractivity (Wildman–Crippen MR) is 93.3 cm³/mol. The Kier molecular flexibility index (Phi) is 7.40. The number of rotatable bonds is 10. The van der Waals surface area contributed by atoms with E-state index in [0.717, 1.165) is 46.5 Å². The number of thioether (sulfide) groups is 1. The lowest BCUT2D eigenvalue weighted by molar-refractivity contribution is -0.108. The zero-order valence-corrected chi connectivity index (χ0v) is 13.8. The first-order chi connectivity index (χ1) is 11.3. The smallest absolute Gasteiger partial charge is 0.124 e. The third kappa shape index (κ3) is 5.57. The summed E-state index contributed by atoms with van der Waals surface area (Å²) in [7, 11) is 0. The Morgan fingerprint density at radius 2 is 1.52 bits per heavy atom. The highest BCUT2D eigenvalue weighted by atomic mass is 32.2. The second kappa shape index (κ2) is 9.85. The van der Waals surface area contributed by atoms with Crippen molar-refractivity contribution in [3.05, 3.63) is 59.7 Å². The van der Waals surface area contributed by atoms with Crippen molar-refractivity contribution < 1.29 is 14.3 Å². The molecule has 3 nitrogen and oxygen atoms in total. The first-order valence-electron chi connectivity index (χ1n) is 7.64. The fourth-order valence-corrected chi connectivity index (χ4v) is 3.22. The van der Waals surface area contributed by atoms with E-state index in [2.05, 4.69) is 0 Å². The van der Waals surface area contributed by atoms with Gasteiger partial charge in [0.05, 0.1) is 6.61 Å². The summed E-state index contributed by atoms with van der Waals surface area (Å²) >= 11 is 1.74. The maximum absolute atomic E-state index is 10.7. The zero-order chi connectivity index (χ0) is 16.3. The SMILES string of the molecule is O=CCc1ccccc1OCCCSc1ccccc1CC=O. The highest BCUT2D eigenvalue weighted by Crippen LogP contribution is 2.24. The van der Waals surface area contributed by atoms with Gasteiger partial charge in [0.15, 0.2) is 0 Å². The van der Waals surface area contributed by atoms with Crippen molar-refractivity contribution in [3.8, 4) is 5.75 Å². The molecule has 0 aromatic heterocycles. The lowest BCUT2D eigenvalue weighted by Gasteiger charge is -2.10. The van der Waals surface area contributed by atoms with Gasteiger partial charge in [0.1, 0.15) is 18.3 Å². The average molecular weight is 328 g/mol. The number of benzene rings is 2. The second-order valence-corrected chi connectivity index (χ2v) is 6.14. The third-order valence-electron chi connectivity index (χ3n) is 3.36. The molecule has 23 heavy (non-hydrogen) atoms. The standard InChI is InChI=1S/C19H20O3S/c20-12-10-16-6-1-3-8-18(16)22-14-5-15-23-19-9-4-2-7-17(19)11-13-21/h1-4,6-9,12-13H,5,10-11,14-15H2. The molecule has 0 aliphatic carbocycles. The maximum atomic E-state index is 10.7. The van der Waals surface area contributed by atoms with Crippen LogP contribution < -0.4 is 4.74 Å². The first-order valence-corrected chi connectivity index (χ1v) is 8.62. The van der Waals surface area contributed by atoms with Crippen LogP contribution in [0.25, 0.3) is 0 Å². The second-order valence-electron chi connectivity index (χ2n) is 5.01. The average Bonchev–Trinajstić information content (AvgIpc) is 2.58. The van der Waals surface area contributed by atoms with Crippen LogP contribution in [0.4, 0.5) is 0 Å². The molecule has 0 aliphatic rings. The van der Waals surface area contributed by atoms with Crippen LogP contribution in [0.2, 0.25) is 0 Å². The summed E-state index contributed by atoms with van der Waals surface area (Å²) in [6.07, 6.45) is 3.56. The van der Waals surface area contributed by atoms with E-state index >= 15 is 0 Å². The van der Waals surface area contributed by atoms with Crippen molar-refractivity contribution >= 4 is 24.3 Å². The Morgan fingerprint density at radius 1 is 0.870 bits per heavy atom. The van der Waals surface area contributed by atoms with Crippen molar-refractivity contribution in [2.45, 2.75) is 24.2 Å². The van der Waals surface area contributed by atoms with Gasteiger partial charge in [0.2, 0.25) is 0 Å². The number of carbonyl (C=O) groups is 2. The van der Waals surface area contributed by atoms with Gasteiger partial charge in [0.25, 0.3) is 0 Å². The van der Waals surface area contributed by atoms with E-state index in [1.54, 1.807) is 11.8 Å². The monoisotopic (exact) mass is 328 g/mol. The highest BCUT2D eigenvalue weighted by Gasteiger charge is 2.04. The number of para-hydroxylation sites is 1. The minimum atomic E-state index is 0.379. The summed E-state index contributed by atoms with van der Waals surface area (Å²) in [6, 6.07) is 15.6. The van der Waals surface area contributed by atoms with E-state index < -0.39 is 0 Å². The minimum absolute atomic E-state index is 0.379. The number of hydrogen-bond donors (Lipinski definition) is 0. The lowest BCUT2D eigenvalue weighted by Crippen LogP contribution is -2.02. The summed E-state index contributed by atoms with van der Waals surface area (Å²) in [5, 5.41) is 0. The molecule has 120 valence electrons. The summed E-state index contributed by atoms with van der Waals surface area (Å²) in [5.74, 6) is 1.71. The van der Waals surface area contributed by atoms with E-state index in [4.69, 9.17) is 4.74 Å². The lowest BCUT2D eigenvalue weighted by atomic mass is 10.1. The van der Waals surface area contributed by atoms with Crippen molar-refractivity contribution in [1.29, 1.82) is 0 Å². The predicted octanol–water partition coefficient (Wildman–Crippen LogP) is 3.73. The van der Waals surface area contributed by atoms with Crippen LogP contribution in [-0.2, 0) is 22.4 Å². The zero-order valence-electron chi connectivity index (χ0n) is 12.9. The molecule has 0 saturated heterocycles. The summed E-state index contributed by atoms with van der Waals surface area (Å²) < 4.78 is 5.78. The van der Waals surface area contributed by atoms with Crippen molar-refractivity contribution in [2.75, 3.05) is 12.4 Å². The van der Waals surface area contributed by atoms with Crippen LogP contribution in [0.3, 0.4) is 0 Å². The number of aldehydes is 2. The van der Waals surface area contributed by atoms with Crippen LogP contribution in [-0.4, -0.2) is 24.9 Å². The fourth-order valence-electron chi connectivity index (χ4n) is 2.23. The van der Waals surface area contributed by atoms with Crippen molar-refractivity contribution in [3.63, 3.8) is 0 Å². The minimum Gasteiger partial charge on any atom is -0.493 e. The van der Waals surface area contributed by atoms with Gasteiger partial charge in [-0.1, -0.05) is 36.4 Å². The molecule has 0 spiro atoms. The molecule has 2 aromatic carbocycles. The van der Waals surface area contributed by atoms with Gasteiger partial charge in [-0.3, -0.25) is 0 Å². The Hall–Kier alpha value is -2.07. The van der Waals surface area contributed by atoms with E-state index in [9.17, 15) is 9.59 Å². The molecule has 0 unspecified atom stereocenters. The van der Waals surface area contributed by atoms with Crippen LogP contribution in [0.1, 0.15) is 17.5 Å². The molecule has 0 saturated carbocycles. The molecular formula is C19H20O3S. The van der Waals surface area contributed by atoms with Gasteiger partial charge in [-0.15, -0.1) is 11.8 Å². The molecule has 2 rings (SSSR count). The van der Waals surface area contributed by atoms with Crippen molar-refractivity contribution in [1.82, 2.24) is 0 Å². The Morgan fingerprint density at radius 3 is 2.30 bits per heavy atom. The van der Waals surface area contributed by atoms with Crippen LogP contribution in [0.15, 0.2) is 53.4 Å². The molecule has 0 bridgehead atoms. The summed E-state index contributed by atoms with van der Waals surface area (Å²) in [4.78, 5) is 22.5. The Bertz CT molecular complexity index is 585. The van der Waals surface area contributed by atoms with E-state index in [1.807, 2.05) is 48.5 Å². The van der Waals surface area contributed by atoms with E-state index in [-0.39, 0.29) is 0 Å². The normalized spacial score (nSPS) is 10.3. The summed E-state index contributed by atoms with van der Waals surface area (Å²) in [6.45, 7) is 0.610. The van der Waals surface area contributed by atoms with Gasteiger partial charge < -0.3 is 14.3 Å². The van der Waals surface area contributed by atoms with Crippen molar-refractivity contribution in [2.24, 2.45) is 0 Å². The molecule has 0 aliphatic heterocycles. The highest BCUT2D eigenvalue weighted by molar-refractivity contribution is 7.99. The third-order valence-corrected chi connectivity index (χ3v) is 4.56. The molecular weight excluding hydrogens is 308 g/mol.